The number of aromatic nitrogens is 1. The van der Waals surface area contributed by atoms with Crippen LogP contribution in [0, 0.1) is 0 Å². The Labute approximate surface area is 82.4 Å². The minimum Gasteiger partial charge on any atom is -0.465 e. The lowest BCUT2D eigenvalue weighted by molar-refractivity contribution is 0.0601. The Hall–Kier alpha value is -1.45. The van der Waals surface area contributed by atoms with Crippen LogP contribution in [0.3, 0.4) is 0 Å². The third kappa shape index (κ3) is 1.27. The summed E-state index contributed by atoms with van der Waals surface area (Å²) in [6.07, 6.45) is 4.19. The van der Waals surface area contributed by atoms with Crippen molar-refractivity contribution >= 4 is 11.8 Å². The summed E-state index contributed by atoms with van der Waals surface area (Å²) in [6.45, 7) is 0. The average Bonchev–Trinajstić information content (AvgIpc) is 2.53. The average molecular weight is 194 g/mol. The van der Waals surface area contributed by atoms with E-state index in [0.29, 0.717) is 11.4 Å². The molecule has 1 aromatic heterocycles. The second-order valence-electron chi connectivity index (χ2n) is 3.57. The third-order valence-corrected chi connectivity index (χ3v) is 2.71. The summed E-state index contributed by atoms with van der Waals surface area (Å²) >= 11 is 0. The molecule has 2 rings (SSSR count). The molecule has 0 spiro atoms. The number of nitrogen functional groups attached to an aromatic ring is 1. The maximum absolute atomic E-state index is 11.4. The van der Waals surface area contributed by atoms with E-state index in [9.17, 15) is 4.79 Å². The van der Waals surface area contributed by atoms with Crippen LogP contribution in [0.15, 0.2) is 0 Å². The topological polar surface area (TPSA) is 68.1 Å². The normalized spacial score (nSPS) is 14.9. The molecule has 1 aromatic rings. The Kier molecular flexibility index (Phi) is 2.19. The van der Waals surface area contributed by atoms with E-state index in [0.717, 1.165) is 36.9 Å². The van der Waals surface area contributed by atoms with Gasteiger partial charge in [-0.2, -0.15) is 0 Å². The van der Waals surface area contributed by atoms with Crippen molar-refractivity contribution in [2.75, 3.05) is 12.8 Å². The van der Waals surface area contributed by atoms with Gasteiger partial charge in [-0.15, -0.1) is 0 Å². The molecule has 0 saturated carbocycles. The van der Waals surface area contributed by atoms with Crippen LogP contribution in [-0.2, 0) is 17.6 Å². The Morgan fingerprint density at radius 3 is 2.86 bits per heavy atom. The van der Waals surface area contributed by atoms with Crippen LogP contribution in [-0.4, -0.2) is 18.1 Å². The fourth-order valence-corrected chi connectivity index (χ4v) is 2.04. The molecule has 3 N–H and O–H groups in total. The molecule has 1 aliphatic carbocycles. The number of carbonyl (C=O) groups excluding carboxylic acids is 1. The van der Waals surface area contributed by atoms with Crippen molar-refractivity contribution in [1.29, 1.82) is 0 Å². The lowest BCUT2D eigenvalue weighted by Crippen LogP contribution is -2.08. The molecular formula is C10H14N2O2. The summed E-state index contributed by atoms with van der Waals surface area (Å²) in [5.74, 6) is 0.116. The standard InChI is InChI=1S/C10H14N2O2/c1-14-10(13)8-6-4-2-3-5-7(6)12-9(8)11/h12H,2-5,11H2,1H3. The number of aromatic amines is 1. The number of carbonyl (C=O) groups is 1. The minimum atomic E-state index is -0.332. The Morgan fingerprint density at radius 1 is 1.43 bits per heavy atom. The number of ether oxygens (including phenoxy) is 1. The fourth-order valence-electron chi connectivity index (χ4n) is 2.04. The highest BCUT2D eigenvalue weighted by atomic mass is 16.5. The van der Waals surface area contributed by atoms with Gasteiger partial charge in [0, 0.05) is 5.69 Å². The van der Waals surface area contributed by atoms with Crippen LogP contribution in [0.1, 0.15) is 34.5 Å². The lowest BCUT2D eigenvalue weighted by Gasteiger charge is -2.11. The summed E-state index contributed by atoms with van der Waals surface area (Å²) in [7, 11) is 1.38. The maximum Gasteiger partial charge on any atom is 0.341 e. The zero-order chi connectivity index (χ0) is 10.1. The van der Waals surface area contributed by atoms with Crippen LogP contribution in [0.25, 0.3) is 0 Å². The van der Waals surface area contributed by atoms with Crippen LogP contribution >= 0.6 is 0 Å². The molecule has 4 nitrogen and oxygen atoms in total. The highest BCUT2D eigenvalue weighted by Crippen LogP contribution is 2.28. The maximum atomic E-state index is 11.4. The molecule has 76 valence electrons. The van der Waals surface area contributed by atoms with Gasteiger partial charge in [-0.1, -0.05) is 0 Å². The van der Waals surface area contributed by atoms with Crippen molar-refractivity contribution in [3.63, 3.8) is 0 Å². The van der Waals surface area contributed by atoms with Crippen molar-refractivity contribution in [3.8, 4) is 0 Å². The predicted octanol–water partition coefficient (Wildman–Crippen LogP) is 1.26. The first-order valence-electron chi connectivity index (χ1n) is 4.81. The highest BCUT2D eigenvalue weighted by molar-refractivity contribution is 5.96. The molecule has 0 radical (unpaired) electrons. The van der Waals surface area contributed by atoms with E-state index in [1.807, 2.05) is 0 Å². The summed E-state index contributed by atoms with van der Waals surface area (Å²) in [5, 5.41) is 0. The molecule has 14 heavy (non-hydrogen) atoms. The molecule has 1 heterocycles. The summed E-state index contributed by atoms with van der Waals surface area (Å²) in [5.41, 5.74) is 8.45. The molecule has 0 atom stereocenters. The third-order valence-electron chi connectivity index (χ3n) is 2.71. The smallest absolute Gasteiger partial charge is 0.341 e. The highest BCUT2D eigenvalue weighted by Gasteiger charge is 2.23. The van der Waals surface area contributed by atoms with Gasteiger partial charge >= 0.3 is 5.97 Å². The number of nitrogens with one attached hydrogen (secondary N) is 1. The van der Waals surface area contributed by atoms with Gasteiger partial charge < -0.3 is 15.5 Å². The molecule has 0 bridgehead atoms. The molecule has 0 aliphatic heterocycles. The van der Waals surface area contributed by atoms with Crippen molar-refractivity contribution < 1.29 is 9.53 Å². The van der Waals surface area contributed by atoms with E-state index in [4.69, 9.17) is 10.5 Å². The largest absolute Gasteiger partial charge is 0.465 e. The van der Waals surface area contributed by atoms with E-state index in [2.05, 4.69) is 4.98 Å². The van der Waals surface area contributed by atoms with Crippen molar-refractivity contribution in [3.05, 3.63) is 16.8 Å². The molecular weight excluding hydrogens is 180 g/mol. The number of hydrogen-bond acceptors (Lipinski definition) is 3. The molecule has 4 heteroatoms. The Balaban J connectivity index is 2.47. The van der Waals surface area contributed by atoms with Gasteiger partial charge in [0.15, 0.2) is 0 Å². The number of aryl methyl sites for hydroxylation is 1. The zero-order valence-corrected chi connectivity index (χ0v) is 8.22. The monoisotopic (exact) mass is 194 g/mol. The van der Waals surface area contributed by atoms with Gasteiger partial charge in [0.2, 0.25) is 0 Å². The Bertz CT molecular complexity index is 368. The lowest BCUT2D eigenvalue weighted by atomic mass is 9.95. The number of methoxy groups -OCH3 is 1. The second-order valence-corrected chi connectivity index (χ2v) is 3.57. The van der Waals surface area contributed by atoms with Gasteiger partial charge in [-0.25, -0.2) is 4.79 Å². The van der Waals surface area contributed by atoms with E-state index in [-0.39, 0.29) is 5.97 Å². The summed E-state index contributed by atoms with van der Waals surface area (Å²) < 4.78 is 4.70. The van der Waals surface area contributed by atoms with Gasteiger partial charge in [-0.05, 0) is 31.2 Å². The molecule has 1 aliphatic rings. The van der Waals surface area contributed by atoms with Crippen molar-refractivity contribution in [2.24, 2.45) is 0 Å². The number of rotatable bonds is 1. The van der Waals surface area contributed by atoms with Gasteiger partial charge in [0.25, 0.3) is 0 Å². The number of fused-ring (bicyclic) bond motifs is 1. The minimum absolute atomic E-state index is 0.332. The van der Waals surface area contributed by atoms with Crippen LogP contribution in [0.2, 0.25) is 0 Å². The summed E-state index contributed by atoms with van der Waals surface area (Å²) in [4.78, 5) is 14.5. The van der Waals surface area contributed by atoms with Gasteiger partial charge in [-0.3, -0.25) is 0 Å². The van der Waals surface area contributed by atoms with E-state index >= 15 is 0 Å². The molecule has 0 unspecified atom stereocenters. The fraction of sp³-hybridized carbons (Fsp3) is 0.500. The van der Waals surface area contributed by atoms with E-state index < -0.39 is 0 Å². The van der Waals surface area contributed by atoms with Gasteiger partial charge in [0.1, 0.15) is 11.4 Å². The summed E-state index contributed by atoms with van der Waals surface area (Å²) in [6, 6.07) is 0. The first-order valence-corrected chi connectivity index (χ1v) is 4.81. The number of hydrogen-bond donors (Lipinski definition) is 2. The SMILES string of the molecule is COC(=O)c1c(N)[nH]c2c1CCCC2. The van der Waals surface area contributed by atoms with E-state index in [1.54, 1.807) is 0 Å². The molecule has 0 amide bonds. The van der Waals surface area contributed by atoms with Crippen molar-refractivity contribution in [1.82, 2.24) is 4.98 Å². The van der Waals surface area contributed by atoms with Gasteiger partial charge in [0.05, 0.1) is 7.11 Å². The number of anilines is 1. The first kappa shape index (κ1) is 9.12. The van der Waals surface area contributed by atoms with Crippen LogP contribution < -0.4 is 5.73 Å². The molecule has 0 fully saturated rings. The van der Waals surface area contributed by atoms with Crippen LogP contribution in [0.4, 0.5) is 5.82 Å². The van der Waals surface area contributed by atoms with E-state index in [1.165, 1.54) is 7.11 Å². The number of H-pyrrole nitrogens is 1. The Morgan fingerprint density at radius 2 is 2.14 bits per heavy atom. The quantitative estimate of drug-likeness (QED) is 0.661. The van der Waals surface area contributed by atoms with Crippen molar-refractivity contribution in [2.45, 2.75) is 25.7 Å². The molecule has 0 saturated heterocycles. The first-order chi connectivity index (χ1) is 6.74. The predicted molar refractivity (Wildman–Crippen MR) is 53.2 cm³/mol. The molecule has 0 aromatic carbocycles. The van der Waals surface area contributed by atoms with Crippen LogP contribution in [0.5, 0.6) is 0 Å². The number of nitrogens with two attached hydrogens (primary N) is 1. The second kappa shape index (κ2) is 3.36. The number of esters is 1. The zero-order valence-electron chi connectivity index (χ0n) is 8.22.